The van der Waals surface area contributed by atoms with E-state index in [0.29, 0.717) is 5.95 Å². The zero-order valence-corrected chi connectivity index (χ0v) is 8.78. The number of carbonyl (C=O) groups is 1. The molecule has 0 saturated heterocycles. The van der Waals surface area contributed by atoms with Gasteiger partial charge in [0.05, 0.1) is 0 Å². The Hall–Kier alpha value is -1.69. The minimum absolute atomic E-state index is 0.347. The second kappa shape index (κ2) is 3.82. The molecular weight excluding hydrogens is 214 g/mol. The average Bonchev–Trinajstić information content (AvgIpc) is 2.64. The first-order valence-corrected chi connectivity index (χ1v) is 5.24. The van der Waals surface area contributed by atoms with Crippen molar-refractivity contribution in [3.63, 3.8) is 0 Å². The first-order chi connectivity index (χ1) is 7.16. The summed E-state index contributed by atoms with van der Waals surface area (Å²) in [4.78, 5) is 19.7. The van der Waals surface area contributed by atoms with Crippen molar-refractivity contribution in [1.82, 2.24) is 9.97 Å². The van der Waals surface area contributed by atoms with Crippen molar-refractivity contribution < 1.29 is 9.90 Å². The fourth-order valence-electron chi connectivity index (χ4n) is 1.08. The zero-order chi connectivity index (χ0) is 10.8. The highest BCUT2D eigenvalue weighted by atomic mass is 32.1. The SMILES string of the molecule is CC(Nc1ncc2ccsc2n1)C(=O)O. The molecule has 78 valence electrons. The number of hydrogen-bond acceptors (Lipinski definition) is 5. The number of carboxylic acid groups (broad SMARTS) is 1. The molecule has 6 heteroatoms. The van der Waals surface area contributed by atoms with Crippen molar-refractivity contribution in [3.8, 4) is 0 Å². The van der Waals surface area contributed by atoms with E-state index in [2.05, 4.69) is 15.3 Å². The van der Waals surface area contributed by atoms with E-state index in [0.717, 1.165) is 10.2 Å². The Labute approximate surface area is 89.8 Å². The highest BCUT2D eigenvalue weighted by molar-refractivity contribution is 7.16. The molecule has 2 heterocycles. The summed E-state index contributed by atoms with van der Waals surface area (Å²) in [6.45, 7) is 1.55. The number of fused-ring (bicyclic) bond motifs is 1. The van der Waals surface area contributed by atoms with Crippen LogP contribution < -0.4 is 5.32 Å². The molecule has 0 fully saturated rings. The number of nitrogens with zero attached hydrogens (tertiary/aromatic N) is 2. The van der Waals surface area contributed by atoms with Crippen LogP contribution in [0.25, 0.3) is 10.2 Å². The maximum absolute atomic E-state index is 10.6. The zero-order valence-electron chi connectivity index (χ0n) is 7.97. The van der Waals surface area contributed by atoms with Crippen molar-refractivity contribution in [3.05, 3.63) is 17.6 Å². The molecule has 2 N–H and O–H groups in total. The Balaban J connectivity index is 2.24. The van der Waals surface area contributed by atoms with Crippen molar-refractivity contribution in [2.75, 3.05) is 5.32 Å². The van der Waals surface area contributed by atoms with Gasteiger partial charge in [-0.1, -0.05) is 0 Å². The smallest absolute Gasteiger partial charge is 0.325 e. The second-order valence-corrected chi connectivity index (χ2v) is 3.97. The summed E-state index contributed by atoms with van der Waals surface area (Å²) >= 11 is 1.50. The predicted octanol–water partition coefficient (Wildman–Crippen LogP) is 1.58. The van der Waals surface area contributed by atoms with E-state index in [1.54, 1.807) is 13.1 Å². The van der Waals surface area contributed by atoms with Crippen LogP contribution in [0, 0.1) is 0 Å². The van der Waals surface area contributed by atoms with Crippen LogP contribution in [0.4, 0.5) is 5.95 Å². The summed E-state index contributed by atoms with van der Waals surface area (Å²) in [5.74, 6) is -0.579. The van der Waals surface area contributed by atoms with Crippen molar-refractivity contribution in [2.45, 2.75) is 13.0 Å². The van der Waals surface area contributed by atoms with Crippen LogP contribution in [0.2, 0.25) is 0 Å². The number of thiophene rings is 1. The van der Waals surface area contributed by atoms with Gasteiger partial charge in [0.15, 0.2) is 0 Å². The second-order valence-electron chi connectivity index (χ2n) is 3.08. The molecule has 0 spiro atoms. The predicted molar refractivity (Wildman–Crippen MR) is 58.1 cm³/mol. The van der Waals surface area contributed by atoms with Crippen LogP contribution in [0.3, 0.4) is 0 Å². The average molecular weight is 223 g/mol. The van der Waals surface area contributed by atoms with E-state index < -0.39 is 12.0 Å². The topological polar surface area (TPSA) is 75.1 Å². The maximum atomic E-state index is 10.6. The van der Waals surface area contributed by atoms with Gasteiger partial charge in [0, 0.05) is 11.6 Å². The molecule has 1 atom stereocenters. The maximum Gasteiger partial charge on any atom is 0.325 e. The van der Waals surface area contributed by atoms with Crippen LogP contribution in [0.5, 0.6) is 0 Å². The van der Waals surface area contributed by atoms with Crippen molar-refractivity contribution in [2.24, 2.45) is 0 Å². The third-order valence-electron chi connectivity index (χ3n) is 1.92. The number of nitrogens with one attached hydrogen (secondary N) is 1. The molecule has 0 radical (unpaired) electrons. The van der Waals surface area contributed by atoms with Gasteiger partial charge in [0.1, 0.15) is 10.9 Å². The molecule has 15 heavy (non-hydrogen) atoms. The molecule has 5 nitrogen and oxygen atoms in total. The van der Waals surface area contributed by atoms with E-state index >= 15 is 0 Å². The van der Waals surface area contributed by atoms with Gasteiger partial charge in [-0.2, -0.15) is 0 Å². The lowest BCUT2D eigenvalue weighted by Crippen LogP contribution is -2.26. The number of aliphatic carboxylic acids is 1. The number of anilines is 1. The molecule has 2 rings (SSSR count). The van der Waals surface area contributed by atoms with E-state index in [1.165, 1.54) is 11.3 Å². The van der Waals surface area contributed by atoms with Gasteiger partial charge in [-0.25, -0.2) is 9.97 Å². The molecule has 0 aliphatic rings. The quantitative estimate of drug-likeness (QED) is 0.826. The van der Waals surface area contributed by atoms with E-state index in [1.807, 2.05) is 11.4 Å². The molecule has 0 amide bonds. The van der Waals surface area contributed by atoms with Crippen molar-refractivity contribution in [1.29, 1.82) is 0 Å². The normalized spacial score (nSPS) is 12.6. The molecule has 0 aromatic carbocycles. The molecule has 0 saturated carbocycles. The summed E-state index contributed by atoms with van der Waals surface area (Å²) in [6, 6.07) is 1.23. The number of hydrogen-bond donors (Lipinski definition) is 2. The largest absolute Gasteiger partial charge is 0.480 e. The molecule has 0 aliphatic heterocycles. The summed E-state index contributed by atoms with van der Waals surface area (Å²) in [6.07, 6.45) is 1.68. The molecule has 0 aliphatic carbocycles. The van der Waals surface area contributed by atoms with Gasteiger partial charge in [-0.05, 0) is 18.4 Å². The highest BCUT2D eigenvalue weighted by Gasteiger charge is 2.11. The summed E-state index contributed by atoms with van der Waals surface area (Å²) < 4.78 is 0. The summed E-state index contributed by atoms with van der Waals surface area (Å²) in [7, 11) is 0. The Morgan fingerprint density at radius 3 is 3.20 bits per heavy atom. The van der Waals surface area contributed by atoms with E-state index in [-0.39, 0.29) is 0 Å². The van der Waals surface area contributed by atoms with Gasteiger partial charge in [0.25, 0.3) is 0 Å². The lowest BCUT2D eigenvalue weighted by Gasteiger charge is -2.07. The summed E-state index contributed by atoms with van der Waals surface area (Å²) in [5.41, 5.74) is 0. The molecule has 2 aromatic rings. The molecule has 0 bridgehead atoms. The van der Waals surface area contributed by atoms with Gasteiger partial charge >= 0.3 is 5.97 Å². The monoisotopic (exact) mass is 223 g/mol. The number of aromatic nitrogens is 2. The van der Waals surface area contributed by atoms with Crippen LogP contribution in [-0.4, -0.2) is 27.1 Å². The third kappa shape index (κ3) is 2.04. The number of rotatable bonds is 3. The van der Waals surface area contributed by atoms with Gasteiger partial charge in [-0.15, -0.1) is 11.3 Å². The minimum atomic E-state index is -0.926. The Morgan fingerprint density at radius 1 is 1.67 bits per heavy atom. The fourth-order valence-corrected chi connectivity index (χ4v) is 1.82. The third-order valence-corrected chi connectivity index (χ3v) is 2.75. The molecular formula is C9H9N3O2S. The highest BCUT2D eigenvalue weighted by Crippen LogP contribution is 2.18. The van der Waals surface area contributed by atoms with Gasteiger partial charge < -0.3 is 10.4 Å². The molecule has 2 aromatic heterocycles. The first-order valence-electron chi connectivity index (χ1n) is 4.36. The minimum Gasteiger partial charge on any atom is -0.480 e. The van der Waals surface area contributed by atoms with Crippen LogP contribution in [0.1, 0.15) is 6.92 Å². The Kier molecular flexibility index (Phi) is 2.51. The Bertz CT molecular complexity index is 497. The van der Waals surface area contributed by atoms with Gasteiger partial charge in [0.2, 0.25) is 5.95 Å². The standard InChI is InChI=1S/C9H9N3O2S/c1-5(8(13)14)11-9-10-4-6-2-3-15-7(6)12-9/h2-5H,1H3,(H,13,14)(H,10,11,12). The van der Waals surface area contributed by atoms with Crippen molar-refractivity contribution >= 4 is 33.5 Å². The van der Waals surface area contributed by atoms with E-state index in [4.69, 9.17) is 5.11 Å². The van der Waals surface area contributed by atoms with Crippen LogP contribution in [-0.2, 0) is 4.79 Å². The summed E-state index contributed by atoms with van der Waals surface area (Å²) in [5, 5.41) is 14.3. The van der Waals surface area contributed by atoms with Gasteiger partial charge in [-0.3, -0.25) is 4.79 Å². The van der Waals surface area contributed by atoms with E-state index in [9.17, 15) is 4.79 Å². The van der Waals surface area contributed by atoms with Crippen LogP contribution >= 0.6 is 11.3 Å². The lowest BCUT2D eigenvalue weighted by molar-refractivity contribution is -0.137. The lowest BCUT2D eigenvalue weighted by atomic mass is 10.3. The first kappa shape index (κ1) is 9.85. The van der Waals surface area contributed by atoms with Crippen LogP contribution in [0.15, 0.2) is 17.6 Å². The number of carboxylic acids is 1. The Morgan fingerprint density at radius 2 is 2.47 bits per heavy atom. The fraction of sp³-hybridized carbons (Fsp3) is 0.222. The molecule has 1 unspecified atom stereocenters.